The standard InChI is InChI=1S/C22H44BrNO4SeSi2/c1-11-27-18(25)14-17(15-23)24-20(26)19(21(24)29-12-13-30(6,7)8)16(2)28-31(9,10)22(3,4)5/h16-17,19,21H,11-15H2,1-10H3/t16-,17+,19+,21-/m1/s1. The number of carbonyl (C=O) groups is 2. The predicted molar refractivity (Wildman–Crippen MR) is 139 cm³/mol. The zero-order valence-electron chi connectivity index (χ0n) is 21.2. The van der Waals surface area contributed by atoms with E-state index in [0.29, 0.717) is 26.9 Å². The van der Waals surface area contributed by atoms with Gasteiger partial charge in [0.25, 0.3) is 0 Å². The third kappa shape index (κ3) is 8.25. The van der Waals surface area contributed by atoms with E-state index in [9.17, 15) is 9.59 Å². The van der Waals surface area contributed by atoms with Gasteiger partial charge in [-0.25, -0.2) is 0 Å². The van der Waals surface area contributed by atoms with Gasteiger partial charge in [0, 0.05) is 0 Å². The Hall–Kier alpha value is 0.333. The molecule has 1 amide bonds. The number of esters is 1. The third-order valence-electron chi connectivity index (χ3n) is 6.33. The summed E-state index contributed by atoms with van der Waals surface area (Å²) < 4.78 is 11.8. The van der Waals surface area contributed by atoms with Gasteiger partial charge in [0.1, 0.15) is 0 Å². The minimum absolute atomic E-state index is 0.0954. The van der Waals surface area contributed by atoms with Crippen molar-refractivity contribution in [3.8, 4) is 0 Å². The molecule has 1 saturated heterocycles. The molecule has 0 aromatic carbocycles. The van der Waals surface area contributed by atoms with Crippen LogP contribution in [-0.2, 0) is 18.8 Å². The summed E-state index contributed by atoms with van der Waals surface area (Å²) in [5, 5.41) is 1.87. The van der Waals surface area contributed by atoms with E-state index in [1.165, 1.54) is 11.4 Å². The van der Waals surface area contributed by atoms with E-state index in [0.717, 1.165) is 0 Å². The van der Waals surface area contributed by atoms with Crippen LogP contribution in [0.4, 0.5) is 0 Å². The number of nitrogens with zero attached hydrogens (tertiary/aromatic N) is 1. The molecule has 9 heteroatoms. The molecular weight excluding hydrogens is 557 g/mol. The number of hydrogen-bond acceptors (Lipinski definition) is 4. The van der Waals surface area contributed by atoms with E-state index in [1.54, 1.807) is 0 Å². The van der Waals surface area contributed by atoms with Gasteiger partial charge >= 0.3 is 208 Å². The second-order valence-corrected chi connectivity index (χ2v) is 24.8. The summed E-state index contributed by atoms with van der Waals surface area (Å²) >= 11 is 3.85. The molecule has 31 heavy (non-hydrogen) atoms. The summed E-state index contributed by atoms with van der Waals surface area (Å²) in [4.78, 5) is 27.7. The van der Waals surface area contributed by atoms with Crippen molar-refractivity contribution in [3.63, 3.8) is 0 Å². The van der Waals surface area contributed by atoms with E-state index in [2.05, 4.69) is 76.4 Å². The minimum atomic E-state index is -1.97. The summed E-state index contributed by atoms with van der Waals surface area (Å²) in [5.41, 5.74) is 0. The van der Waals surface area contributed by atoms with Crippen molar-refractivity contribution in [1.29, 1.82) is 0 Å². The average Bonchev–Trinajstić information content (AvgIpc) is 2.58. The van der Waals surface area contributed by atoms with Gasteiger partial charge in [-0.15, -0.1) is 0 Å². The molecule has 5 nitrogen and oxygen atoms in total. The average molecular weight is 602 g/mol. The number of carbonyl (C=O) groups excluding carboxylic acids is 2. The van der Waals surface area contributed by atoms with Crippen LogP contribution in [0.3, 0.4) is 0 Å². The third-order valence-corrected chi connectivity index (χ3v) is 16.9. The van der Waals surface area contributed by atoms with E-state index < -0.39 is 16.4 Å². The van der Waals surface area contributed by atoms with Crippen LogP contribution in [0.1, 0.15) is 41.0 Å². The van der Waals surface area contributed by atoms with Crippen molar-refractivity contribution >= 4 is 59.2 Å². The first kappa shape index (κ1) is 29.4. The first-order chi connectivity index (χ1) is 14.1. The molecule has 0 aromatic heterocycles. The number of hydrogen-bond donors (Lipinski definition) is 0. The van der Waals surface area contributed by atoms with Gasteiger partial charge in [0.05, 0.1) is 0 Å². The van der Waals surface area contributed by atoms with Crippen molar-refractivity contribution in [2.75, 3.05) is 11.9 Å². The van der Waals surface area contributed by atoms with Crippen molar-refractivity contribution in [1.82, 2.24) is 4.90 Å². The molecule has 1 aliphatic rings. The second kappa shape index (κ2) is 11.6. The SMILES string of the molecule is CCOC(=O)C[C@@H](CBr)N1C(=O)[C@H]([C@@H](C)O[Si](C)(C)C(C)(C)C)[C@H]1[Se]CC[Si](C)(C)C. The fourth-order valence-electron chi connectivity index (χ4n) is 3.35. The van der Waals surface area contributed by atoms with Gasteiger partial charge in [-0.3, -0.25) is 0 Å². The molecule has 0 unspecified atom stereocenters. The van der Waals surface area contributed by atoms with Crippen LogP contribution in [0, 0.1) is 5.92 Å². The molecule has 0 aliphatic carbocycles. The predicted octanol–water partition coefficient (Wildman–Crippen LogP) is 5.36. The zero-order valence-corrected chi connectivity index (χ0v) is 26.5. The molecule has 0 N–H and O–H groups in total. The Balaban J connectivity index is 3.03. The molecule has 0 radical (unpaired) electrons. The molecule has 4 atom stereocenters. The Bertz CT molecular complexity index is 622. The molecule has 0 spiro atoms. The van der Waals surface area contributed by atoms with Crippen LogP contribution in [0.15, 0.2) is 0 Å². The molecule has 1 aliphatic heterocycles. The Morgan fingerprint density at radius 1 is 1.23 bits per heavy atom. The van der Waals surface area contributed by atoms with E-state index >= 15 is 0 Å². The normalized spacial score (nSPS) is 22.2. The van der Waals surface area contributed by atoms with Crippen molar-refractivity contribution < 1.29 is 18.8 Å². The monoisotopic (exact) mass is 601 g/mol. The number of rotatable bonds is 12. The summed E-state index contributed by atoms with van der Waals surface area (Å²) in [6.07, 6.45) is 0.150. The molecule has 1 rings (SSSR count). The van der Waals surface area contributed by atoms with Crippen LogP contribution in [0.5, 0.6) is 0 Å². The Morgan fingerprint density at radius 3 is 2.26 bits per heavy atom. The van der Waals surface area contributed by atoms with Crippen molar-refractivity contribution in [2.24, 2.45) is 5.92 Å². The number of β-lactam (4-membered cyclic amide) rings is 1. The van der Waals surface area contributed by atoms with Crippen LogP contribution in [0.25, 0.3) is 0 Å². The molecule has 1 fully saturated rings. The Morgan fingerprint density at radius 2 is 1.81 bits per heavy atom. The number of amides is 1. The van der Waals surface area contributed by atoms with Crippen LogP contribution < -0.4 is 0 Å². The summed E-state index contributed by atoms with van der Waals surface area (Å²) in [6, 6.07) is 1.12. The molecule has 0 aromatic rings. The quantitative estimate of drug-likeness (QED) is 0.131. The van der Waals surface area contributed by atoms with Crippen molar-refractivity contribution in [2.45, 2.75) is 107 Å². The molecule has 182 valence electrons. The van der Waals surface area contributed by atoms with Crippen molar-refractivity contribution in [3.05, 3.63) is 0 Å². The molecular formula is C22H44BrNO4SeSi2. The number of alkyl halides is 1. The van der Waals surface area contributed by atoms with Crippen LogP contribution in [-0.4, -0.2) is 77.1 Å². The number of halogens is 1. The summed E-state index contributed by atoms with van der Waals surface area (Å²) in [6.45, 7) is 22.6. The maximum atomic E-state index is 13.4. The molecule has 0 saturated carbocycles. The Kier molecular flexibility index (Phi) is 11.0. The topological polar surface area (TPSA) is 55.8 Å². The fraction of sp³-hybridized carbons (Fsp3) is 0.909. The van der Waals surface area contributed by atoms with E-state index in [-0.39, 0.29) is 46.3 Å². The summed E-state index contributed by atoms with van der Waals surface area (Å²) in [5.74, 6) is -0.193. The van der Waals surface area contributed by atoms with E-state index in [1.807, 2.05) is 11.8 Å². The van der Waals surface area contributed by atoms with Crippen LogP contribution in [0.2, 0.25) is 49.1 Å². The van der Waals surface area contributed by atoms with Gasteiger partial charge < -0.3 is 0 Å². The molecule has 1 heterocycles. The first-order valence-electron chi connectivity index (χ1n) is 11.4. The number of ether oxygens (including phenoxy) is 1. The number of likely N-dealkylation sites (tertiary alicyclic amines) is 1. The molecule has 0 bridgehead atoms. The van der Waals surface area contributed by atoms with Crippen LogP contribution >= 0.6 is 15.9 Å². The van der Waals surface area contributed by atoms with Gasteiger partial charge in [-0.2, -0.15) is 0 Å². The zero-order chi connectivity index (χ0) is 24.2. The summed E-state index contributed by atoms with van der Waals surface area (Å²) in [7, 11) is -3.10. The first-order valence-corrected chi connectivity index (χ1v) is 21.3. The fourth-order valence-corrected chi connectivity index (χ4v) is 13.2. The Labute approximate surface area is 207 Å². The van der Waals surface area contributed by atoms with Gasteiger partial charge in [0.2, 0.25) is 0 Å². The van der Waals surface area contributed by atoms with Gasteiger partial charge in [-0.05, 0) is 0 Å². The van der Waals surface area contributed by atoms with Gasteiger partial charge in [0.15, 0.2) is 0 Å². The second-order valence-electron chi connectivity index (χ2n) is 11.2. The van der Waals surface area contributed by atoms with Gasteiger partial charge in [-0.1, -0.05) is 0 Å². The van der Waals surface area contributed by atoms with E-state index in [4.69, 9.17) is 9.16 Å². The maximum absolute atomic E-state index is 13.4.